The van der Waals surface area contributed by atoms with Gasteiger partial charge in [0.2, 0.25) is 11.1 Å². The summed E-state index contributed by atoms with van der Waals surface area (Å²) in [5, 5.41) is 20.8. The van der Waals surface area contributed by atoms with E-state index >= 15 is 0 Å². The first-order chi connectivity index (χ1) is 6.32. The first-order valence-corrected chi connectivity index (χ1v) is 3.95. The molecule has 0 saturated carbocycles. The van der Waals surface area contributed by atoms with Gasteiger partial charge in [0.25, 0.3) is 0 Å². The summed E-state index contributed by atoms with van der Waals surface area (Å²) in [6.45, 7) is 0. The Morgan fingerprint density at radius 1 is 1.43 bits per heavy atom. The molecule has 1 aromatic rings. The fraction of sp³-hybridized carbons (Fsp3) is 0.400. The van der Waals surface area contributed by atoms with Crippen LogP contribution in [0.2, 0.25) is 0 Å². The SMILES string of the molecule is O=C(O)C(O)c1nnc(C(F)(F)F)s1. The Bertz CT molecular complexity index is 350. The van der Waals surface area contributed by atoms with Crippen molar-refractivity contribution in [3.05, 3.63) is 10.0 Å². The zero-order valence-electron chi connectivity index (χ0n) is 6.32. The highest BCUT2D eigenvalue weighted by atomic mass is 32.1. The van der Waals surface area contributed by atoms with Crippen LogP contribution in [0.25, 0.3) is 0 Å². The molecule has 14 heavy (non-hydrogen) atoms. The topological polar surface area (TPSA) is 83.3 Å². The van der Waals surface area contributed by atoms with Gasteiger partial charge < -0.3 is 10.2 Å². The van der Waals surface area contributed by atoms with E-state index in [9.17, 15) is 18.0 Å². The van der Waals surface area contributed by atoms with Crippen molar-refractivity contribution in [2.24, 2.45) is 0 Å². The third kappa shape index (κ3) is 2.17. The van der Waals surface area contributed by atoms with Crippen LogP contribution in [0.1, 0.15) is 16.1 Å². The number of carbonyl (C=O) groups is 1. The Morgan fingerprint density at radius 2 is 2.00 bits per heavy atom. The first-order valence-electron chi connectivity index (χ1n) is 3.14. The molecule has 78 valence electrons. The lowest BCUT2D eigenvalue weighted by Crippen LogP contribution is -2.09. The van der Waals surface area contributed by atoms with Gasteiger partial charge in [-0.25, -0.2) is 4.79 Å². The number of aliphatic hydroxyl groups excluding tert-OH is 1. The second kappa shape index (κ2) is 3.50. The highest BCUT2D eigenvalue weighted by molar-refractivity contribution is 7.11. The van der Waals surface area contributed by atoms with Crippen molar-refractivity contribution in [3.8, 4) is 0 Å². The molecule has 0 aliphatic heterocycles. The van der Waals surface area contributed by atoms with Gasteiger partial charge in [-0.3, -0.25) is 0 Å². The molecule has 1 atom stereocenters. The van der Waals surface area contributed by atoms with Crippen LogP contribution in [0, 0.1) is 0 Å². The summed E-state index contributed by atoms with van der Waals surface area (Å²) in [6.07, 6.45) is -6.74. The van der Waals surface area contributed by atoms with E-state index in [-0.39, 0.29) is 11.3 Å². The van der Waals surface area contributed by atoms with Gasteiger partial charge >= 0.3 is 12.1 Å². The highest BCUT2D eigenvalue weighted by Gasteiger charge is 2.37. The molecule has 2 N–H and O–H groups in total. The number of aliphatic hydroxyl groups is 1. The number of alkyl halides is 3. The van der Waals surface area contributed by atoms with Crippen molar-refractivity contribution in [1.29, 1.82) is 0 Å². The Labute approximate surface area is 78.8 Å². The number of rotatable bonds is 2. The lowest BCUT2D eigenvalue weighted by molar-refractivity contribution is -0.147. The number of hydrogen-bond donors (Lipinski definition) is 2. The van der Waals surface area contributed by atoms with Crippen LogP contribution < -0.4 is 0 Å². The maximum absolute atomic E-state index is 11.9. The van der Waals surface area contributed by atoms with E-state index < -0.39 is 28.3 Å². The minimum Gasteiger partial charge on any atom is -0.479 e. The summed E-state index contributed by atoms with van der Waals surface area (Å²) in [4.78, 5) is 10.2. The predicted octanol–water partition coefficient (Wildman–Crippen LogP) is 0.675. The Balaban J connectivity index is 2.94. The molecule has 0 aliphatic carbocycles. The van der Waals surface area contributed by atoms with Crippen LogP contribution in [-0.2, 0) is 11.0 Å². The standard InChI is InChI=1S/C5H3F3N2O3S/c6-5(7,8)4-10-9-2(14-4)1(11)3(12)13/h1,11H,(H,12,13). The quantitative estimate of drug-likeness (QED) is 0.777. The van der Waals surface area contributed by atoms with Gasteiger partial charge in [-0.05, 0) is 0 Å². The lowest BCUT2D eigenvalue weighted by atomic mass is 10.4. The van der Waals surface area contributed by atoms with Crippen LogP contribution in [0.15, 0.2) is 0 Å². The van der Waals surface area contributed by atoms with Crippen LogP contribution in [0.5, 0.6) is 0 Å². The van der Waals surface area contributed by atoms with Crippen molar-refractivity contribution >= 4 is 17.3 Å². The van der Waals surface area contributed by atoms with E-state index in [2.05, 4.69) is 10.2 Å². The fourth-order valence-corrected chi connectivity index (χ4v) is 1.25. The molecule has 0 amide bonds. The maximum Gasteiger partial charge on any atom is 0.445 e. The first kappa shape index (κ1) is 10.9. The van der Waals surface area contributed by atoms with E-state index in [1.807, 2.05) is 0 Å². The molecular weight excluding hydrogens is 225 g/mol. The number of aromatic nitrogens is 2. The smallest absolute Gasteiger partial charge is 0.445 e. The zero-order chi connectivity index (χ0) is 10.9. The lowest BCUT2D eigenvalue weighted by Gasteiger charge is -1.99. The summed E-state index contributed by atoms with van der Waals surface area (Å²) in [5.74, 6) is -1.67. The van der Waals surface area contributed by atoms with Gasteiger partial charge in [0.15, 0.2) is 5.01 Å². The summed E-state index contributed by atoms with van der Waals surface area (Å²) in [5.41, 5.74) is 0. The monoisotopic (exact) mass is 228 g/mol. The Morgan fingerprint density at radius 3 is 2.36 bits per heavy atom. The molecule has 0 bridgehead atoms. The molecule has 1 unspecified atom stereocenters. The van der Waals surface area contributed by atoms with Gasteiger partial charge in [0.05, 0.1) is 0 Å². The van der Waals surface area contributed by atoms with Crippen molar-refractivity contribution in [2.75, 3.05) is 0 Å². The van der Waals surface area contributed by atoms with Crippen LogP contribution >= 0.6 is 11.3 Å². The molecule has 1 heterocycles. The minimum absolute atomic E-state index is 0.00181. The molecule has 0 spiro atoms. The van der Waals surface area contributed by atoms with E-state index in [0.717, 1.165) is 0 Å². The number of halogens is 3. The van der Waals surface area contributed by atoms with E-state index in [1.165, 1.54) is 0 Å². The van der Waals surface area contributed by atoms with Crippen molar-refractivity contribution < 1.29 is 28.2 Å². The number of aliphatic carboxylic acids is 1. The second-order valence-corrected chi connectivity index (χ2v) is 3.19. The molecule has 1 rings (SSSR count). The number of nitrogens with zero attached hydrogens (tertiary/aromatic N) is 2. The third-order valence-corrected chi connectivity index (χ3v) is 2.17. The van der Waals surface area contributed by atoms with Gasteiger partial charge in [-0.15, -0.1) is 10.2 Å². The number of carboxylic acid groups (broad SMARTS) is 1. The average Bonchev–Trinajstić information content (AvgIpc) is 2.49. The summed E-state index contributed by atoms with van der Waals surface area (Å²) in [6, 6.07) is 0. The van der Waals surface area contributed by atoms with Gasteiger partial charge in [-0.1, -0.05) is 11.3 Å². The molecular formula is C5H3F3N2O3S. The maximum atomic E-state index is 11.9. The zero-order valence-corrected chi connectivity index (χ0v) is 7.13. The van der Waals surface area contributed by atoms with Crippen molar-refractivity contribution in [1.82, 2.24) is 10.2 Å². The highest BCUT2D eigenvalue weighted by Crippen LogP contribution is 2.32. The summed E-state index contributed by atoms with van der Waals surface area (Å²) < 4.78 is 35.8. The fourth-order valence-electron chi connectivity index (χ4n) is 0.565. The van der Waals surface area contributed by atoms with Crippen molar-refractivity contribution in [3.63, 3.8) is 0 Å². The molecule has 9 heteroatoms. The molecule has 0 radical (unpaired) electrons. The summed E-state index contributed by atoms with van der Waals surface area (Å²) in [7, 11) is 0. The third-order valence-electron chi connectivity index (χ3n) is 1.15. The molecule has 5 nitrogen and oxygen atoms in total. The number of carboxylic acids is 1. The molecule has 1 aromatic heterocycles. The summed E-state index contributed by atoms with van der Waals surface area (Å²) >= 11 is -0.00181. The second-order valence-electron chi connectivity index (χ2n) is 2.18. The Kier molecular flexibility index (Phi) is 2.71. The minimum atomic E-state index is -4.67. The normalized spacial score (nSPS) is 14.0. The van der Waals surface area contributed by atoms with Crippen molar-refractivity contribution in [2.45, 2.75) is 12.3 Å². The van der Waals surface area contributed by atoms with E-state index in [0.29, 0.717) is 0 Å². The van der Waals surface area contributed by atoms with Crippen LogP contribution in [-0.4, -0.2) is 26.4 Å². The van der Waals surface area contributed by atoms with Gasteiger partial charge in [0, 0.05) is 0 Å². The predicted molar refractivity (Wildman–Crippen MR) is 37.5 cm³/mol. The van der Waals surface area contributed by atoms with Crippen LogP contribution in [0.3, 0.4) is 0 Å². The molecule has 0 saturated heterocycles. The number of hydrogen-bond acceptors (Lipinski definition) is 5. The van der Waals surface area contributed by atoms with Gasteiger partial charge in [0.1, 0.15) is 0 Å². The molecule has 0 aliphatic rings. The van der Waals surface area contributed by atoms with Gasteiger partial charge in [-0.2, -0.15) is 13.2 Å². The van der Waals surface area contributed by atoms with E-state index in [4.69, 9.17) is 10.2 Å². The van der Waals surface area contributed by atoms with Crippen LogP contribution in [0.4, 0.5) is 13.2 Å². The largest absolute Gasteiger partial charge is 0.479 e. The molecule has 0 fully saturated rings. The molecule has 0 aromatic carbocycles. The Hall–Kier alpha value is -1.22. The average molecular weight is 228 g/mol. The van der Waals surface area contributed by atoms with E-state index in [1.54, 1.807) is 0 Å².